The Morgan fingerprint density at radius 2 is 1.94 bits per heavy atom. The van der Waals surface area contributed by atoms with Crippen molar-refractivity contribution in [3.63, 3.8) is 0 Å². The number of carbonyl (C=O) groups is 1. The summed E-state index contributed by atoms with van der Waals surface area (Å²) >= 11 is 0. The van der Waals surface area contributed by atoms with E-state index in [1.807, 2.05) is 31.7 Å². The van der Waals surface area contributed by atoms with E-state index in [2.05, 4.69) is 0 Å². The summed E-state index contributed by atoms with van der Waals surface area (Å²) in [6, 6.07) is 6.98. The molecule has 1 aliphatic rings. The van der Waals surface area contributed by atoms with Crippen molar-refractivity contribution >= 4 is 5.91 Å². The van der Waals surface area contributed by atoms with Gasteiger partial charge in [0.05, 0.1) is 0 Å². The standard InChI is InChI=1S/C15H20FNO/c1-15(2,3)14(18)17(12-8-9-12)10-11-6-4-5-7-13(11)16/h4-7,12H,8-10H2,1-3H3. The zero-order valence-corrected chi connectivity index (χ0v) is 11.2. The molecule has 0 aliphatic heterocycles. The van der Waals surface area contributed by atoms with Gasteiger partial charge in [-0.05, 0) is 18.9 Å². The van der Waals surface area contributed by atoms with Crippen molar-refractivity contribution in [3.8, 4) is 0 Å². The molecule has 3 heteroatoms. The lowest BCUT2D eigenvalue weighted by atomic mass is 9.94. The van der Waals surface area contributed by atoms with Crippen LogP contribution >= 0.6 is 0 Å². The molecule has 0 heterocycles. The van der Waals surface area contributed by atoms with E-state index in [-0.39, 0.29) is 11.7 Å². The molecule has 2 nitrogen and oxygen atoms in total. The van der Waals surface area contributed by atoms with E-state index in [0.29, 0.717) is 18.2 Å². The molecule has 1 amide bonds. The second-order valence-electron chi connectivity index (χ2n) is 6.01. The van der Waals surface area contributed by atoms with Crippen molar-refractivity contribution in [1.82, 2.24) is 4.90 Å². The monoisotopic (exact) mass is 249 g/mol. The Bertz CT molecular complexity index is 446. The van der Waals surface area contributed by atoms with Crippen LogP contribution in [-0.2, 0) is 11.3 Å². The van der Waals surface area contributed by atoms with E-state index in [4.69, 9.17) is 0 Å². The van der Waals surface area contributed by atoms with Crippen molar-refractivity contribution in [1.29, 1.82) is 0 Å². The topological polar surface area (TPSA) is 20.3 Å². The highest BCUT2D eigenvalue weighted by Gasteiger charge is 2.37. The van der Waals surface area contributed by atoms with Crippen LogP contribution in [0.15, 0.2) is 24.3 Å². The highest BCUT2D eigenvalue weighted by molar-refractivity contribution is 5.82. The fraction of sp³-hybridized carbons (Fsp3) is 0.533. The van der Waals surface area contributed by atoms with Crippen molar-refractivity contribution < 1.29 is 9.18 Å². The van der Waals surface area contributed by atoms with E-state index < -0.39 is 5.41 Å². The van der Waals surface area contributed by atoms with Gasteiger partial charge < -0.3 is 4.90 Å². The molecule has 0 saturated heterocycles. The van der Waals surface area contributed by atoms with Gasteiger partial charge in [-0.1, -0.05) is 39.0 Å². The molecule has 18 heavy (non-hydrogen) atoms. The van der Waals surface area contributed by atoms with Gasteiger partial charge in [0.1, 0.15) is 5.82 Å². The normalized spacial score (nSPS) is 15.6. The molecule has 0 aromatic heterocycles. The van der Waals surface area contributed by atoms with Gasteiger partial charge in [-0.15, -0.1) is 0 Å². The summed E-state index contributed by atoms with van der Waals surface area (Å²) in [5.74, 6) is -0.127. The summed E-state index contributed by atoms with van der Waals surface area (Å²) < 4.78 is 13.7. The summed E-state index contributed by atoms with van der Waals surface area (Å²) in [4.78, 5) is 14.2. The van der Waals surface area contributed by atoms with Crippen LogP contribution in [0.5, 0.6) is 0 Å². The van der Waals surface area contributed by atoms with Gasteiger partial charge in [0.2, 0.25) is 5.91 Å². The van der Waals surface area contributed by atoms with E-state index in [1.54, 1.807) is 12.1 Å². The number of hydrogen-bond acceptors (Lipinski definition) is 1. The maximum Gasteiger partial charge on any atom is 0.228 e. The lowest BCUT2D eigenvalue weighted by Gasteiger charge is -2.29. The Kier molecular flexibility index (Phi) is 3.42. The van der Waals surface area contributed by atoms with Crippen LogP contribution in [0, 0.1) is 11.2 Å². The third-order valence-electron chi connectivity index (χ3n) is 3.19. The Hall–Kier alpha value is -1.38. The zero-order valence-electron chi connectivity index (χ0n) is 11.2. The molecule has 1 aromatic rings. The minimum atomic E-state index is -0.409. The third kappa shape index (κ3) is 2.89. The highest BCUT2D eigenvalue weighted by Crippen LogP contribution is 2.32. The molecule has 1 aliphatic carbocycles. The van der Waals surface area contributed by atoms with Crippen molar-refractivity contribution in [2.24, 2.45) is 5.41 Å². The van der Waals surface area contributed by atoms with Gasteiger partial charge in [-0.3, -0.25) is 4.79 Å². The molecule has 1 fully saturated rings. The van der Waals surface area contributed by atoms with Gasteiger partial charge in [0, 0.05) is 23.6 Å². The number of hydrogen-bond donors (Lipinski definition) is 0. The molecule has 0 radical (unpaired) electrons. The molecule has 0 N–H and O–H groups in total. The molecule has 1 saturated carbocycles. The summed E-state index contributed by atoms with van der Waals surface area (Å²) in [5, 5.41) is 0. The smallest absolute Gasteiger partial charge is 0.228 e. The quantitative estimate of drug-likeness (QED) is 0.804. The number of amides is 1. The Balaban J connectivity index is 2.17. The minimum Gasteiger partial charge on any atom is -0.335 e. The molecular formula is C15H20FNO. The first-order chi connectivity index (χ1) is 8.39. The highest BCUT2D eigenvalue weighted by atomic mass is 19.1. The maximum atomic E-state index is 13.7. The predicted octanol–water partition coefficient (Wildman–Crippen LogP) is 3.36. The molecule has 0 atom stereocenters. The average Bonchev–Trinajstić information content (AvgIpc) is 3.10. The summed E-state index contributed by atoms with van der Waals surface area (Å²) in [6.07, 6.45) is 2.08. The fourth-order valence-corrected chi connectivity index (χ4v) is 1.99. The zero-order chi connectivity index (χ0) is 13.3. The molecule has 98 valence electrons. The van der Waals surface area contributed by atoms with Crippen molar-refractivity contribution in [2.45, 2.75) is 46.2 Å². The van der Waals surface area contributed by atoms with Gasteiger partial charge >= 0.3 is 0 Å². The van der Waals surface area contributed by atoms with Crippen LogP contribution < -0.4 is 0 Å². The first-order valence-corrected chi connectivity index (χ1v) is 6.44. The van der Waals surface area contributed by atoms with Crippen LogP contribution in [0.2, 0.25) is 0 Å². The Labute approximate surface area is 108 Å². The van der Waals surface area contributed by atoms with Crippen LogP contribution in [0.3, 0.4) is 0 Å². The third-order valence-corrected chi connectivity index (χ3v) is 3.19. The van der Waals surface area contributed by atoms with Gasteiger partial charge in [0.25, 0.3) is 0 Å². The van der Waals surface area contributed by atoms with Gasteiger partial charge in [-0.25, -0.2) is 4.39 Å². The van der Waals surface area contributed by atoms with E-state index in [9.17, 15) is 9.18 Å². The summed E-state index contributed by atoms with van der Waals surface area (Å²) in [6.45, 7) is 6.11. The van der Waals surface area contributed by atoms with Crippen LogP contribution in [0.1, 0.15) is 39.2 Å². The molecule has 0 unspecified atom stereocenters. The van der Waals surface area contributed by atoms with Crippen molar-refractivity contribution in [3.05, 3.63) is 35.6 Å². The SMILES string of the molecule is CC(C)(C)C(=O)N(Cc1ccccc1F)C1CC1. The number of benzene rings is 1. The predicted molar refractivity (Wildman–Crippen MR) is 69.4 cm³/mol. The molecule has 0 spiro atoms. The maximum absolute atomic E-state index is 13.7. The number of nitrogens with zero attached hydrogens (tertiary/aromatic N) is 1. The van der Waals surface area contributed by atoms with E-state index in [1.165, 1.54) is 6.07 Å². The first kappa shape index (κ1) is 13.1. The number of rotatable bonds is 3. The molecular weight excluding hydrogens is 229 g/mol. The average molecular weight is 249 g/mol. The van der Waals surface area contributed by atoms with Crippen LogP contribution in [0.25, 0.3) is 0 Å². The molecule has 1 aromatic carbocycles. The largest absolute Gasteiger partial charge is 0.335 e. The lowest BCUT2D eigenvalue weighted by molar-refractivity contribution is -0.140. The van der Waals surface area contributed by atoms with E-state index in [0.717, 1.165) is 12.8 Å². The summed E-state index contributed by atoms with van der Waals surface area (Å²) in [5.41, 5.74) is 0.190. The molecule has 2 rings (SSSR count). The van der Waals surface area contributed by atoms with Crippen molar-refractivity contribution in [2.75, 3.05) is 0 Å². The second-order valence-corrected chi connectivity index (χ2v) is 6.01. The fourth-order valence-electron chi connectivity index (χ4n) is 1.99. The first-order valence-electron chi connectivity index (χ1n) is 6.44. The number of halogens is 1. The van der Waals surface area contributed by atoms with Crippen LogP contribution in [-0.4, -0.2) is 16.8 Å². The minimum absolute atomic E-state index is 0.105. The van der Waals surface area contributed by atoms with Crippen LogP contribution in [0.4, 0.5) is 4.39 Å². The Morgan fingerprint density at radius 1 is 1.33 bits per heavy atom. The second kappa shape index (κ2) is 4.71. The number of carbonyl (C=O) groups excluding carboxylic acids is 1. The van der Waals surface area contributed by atoms with Gasteiger partial charge in [-0.2, -0.15) is 0 Å². The summed E-state index contributed by atoms with van der Waals surface area (Å²) in [7, 11) is 0. The lowest BCUT2D eigenvalue weighted by Crippen LogP contribution is -2.40. The molecule has 0 bridgehead atoms. The van der Waals surface area contributed by atoms with Gasteiger partial charge in [0.15, 0.2) is 0 Å². The van der Waals surface area contributed by atoms with E-state index >= 15 is 0 Å². The Morgan fingerprint density at radius 3 is 2.44 bits per heavy atom.